The Kier molecular flexibility index (Phi) is 6.56. The van der Waals surface area contributed by atoms with Gasteiger partial charge >= 0.3 is 0 Å². The minimum atomic E-state index is -0.232. The quantitative estimate of drug-likeness (QED) is 0.517. The van der Waals surface area contributed by atoms with Crippen molar-refractivity contribution in [2.24, 2.45) is 0 Å². The molecule has 0 N–H and O–H groups in total. The highest BCUT2D eigenvalue weighted by molar-refractivity contribution is 8.18. The van der Waals surface area contributed by atoms with Gasteiger partial charge in [-0.15, -0.1) is 0 Å². The molecule has 1 aromatic heterocycles. The number of benzene rings is 1. The molecule has 0 spiro atoms. The lowest BCUT2D eigenvalue weighted by Gasteiger charge is -2.26. The Morgan fingerprint density at radius 3 is 2.48 bits per heavy atom. The lowest BCUT2D eigenvalue weighted by atomic mass is 9.95. The van der Waals surface area contributed by atoms with Crippen molar-refractivity contribution in [3.05, 3.63) is 57.8 Å². The summed E-state index contributed by atoms with van der Waals surface area (Å²) in [4.78, 5) is 27.1. The second-order valence-electron chi connectivity index (χ2n) is 8.48. The zero-order chi connectivity index (χ0) is 22.0. The third kappa shape index (κ3) is 4.74. The first-order valence-corrected chi connectivity index (χ1v) is 11.9. The number of hydrogen-bond acceptors (Lipinski definition) is 4. The maximum Gasteiger partial charge on any atom is 0.293 e. The molecule has 1 aliphatic carbocycles. The van der Waals surface area contributed by atoms with Crippen LogP contribution in [0.3, 0.4) is 0 Å². The van der Waals surface area contributed by atoms with Crippen molar-refractivity contribution in [3.63, 3.8) is 0 Å². The number of thioether (sulfide) groups is 1. The molecule has 0 atom stereocenters. The van der Waals surface area contributed by atoms with Gasteiger partial charge in [0.1, 0.15) is 12.4 Å². The van der Waals surface area contributed by atoms with E-state index in [2.05, 4.69) is 24.5 Å². The molecule has 1 aliphatic heterocycles. The SMILES string of the molecule is Cc1ccc(OCCN2C(=O)S/C(=C\c3cc(C)n(C4CCCCC4)c3C)C2=O)cc1. The fourth-order valence-electron chi connectivity index (χ4n) is 4.57. The monoisotopic (exact) mass is 438 g/mol. The van der Waals surface area contributed by atoms with Crippen molar-refractivity contribution in [3.8, 4) is 5.75 Å². The van der Waals surface area contributed by atoms with E-state index in [9.17, 15) is 9.59 Å². The summed E-state index contributed by atoms with van der Waals surface area (Å²) in [5, 5.41) is -0.232. The molecule has 1 aromatic carbocycles. The van der Waals surface area contributed by atoms with Crippen LogP contribution in [0.1, 0.15) is 60.7 Å². The van der Waals surface area contributed by atoms with E-state index in [4.69, 9.17) is 4.74 Å². The highest BCUT2D eigenvalue weighted by atomic mass is 32.2. The van der Waals surface area contributed by atoms with Crippen LogP contribution in [-0.2, 0) is 4.79 Å². The number of amides is 2. The van der Waals surface area contributed by atoms with E-state index in [1.165, 1.54) is 48.4 Å². The summed E-state index contributed by atoms with van der Waals surface area (Å²) in [7, 11) is 0. The van der Waals surface area contributed by atoms with Crippen LogP contribution < -0.4 is 4.74 Å². The van der Waals surface area contributed by atoms with E-state index >= 15 is 0 Å². The standard InChI is InChI=1S/C25H30N2O3S/c1-17-9-11-22(12-10-17)30-14-13-26-24(28)23(31-25(26)29)16-20-15-18(2)27(19(20)3)21-7-5-4-6-8-21/h9-12,15-16,21H,4-8,13-14H2,1-3H3/b23-16-. The van der Waals surface area contributed by atoms with Gasteiger partial charge in [-0.05, 0) is 75.2 Å². The summed E-state index contributed by atoms with van der Waals surface area (Å²) < 4.78 is 8.12. The summed E-state index contributed by atoms with van der Waals surface area (Å²) in [5.41, 5.74) is 4.59. The van der Waals surface area contributed by atoms with Gasteiger partial charge in [0.05, 0.1) is 11.4 Å². The van der Waals surface area contributed by atoms with E-state index in [1.54, 1.807) is 0 Å². The van der Waals surface area contributed by atoms with Crippen LogP contribution in [0, 0.1) is 20.8 Å². The van der Waals surface area contributed by atoms with Crippen molar-refractivity contribution in [2.45, 2.75) is 58.9 Å². The minimum Gasteiger partial charge on any atom is -0.492 e. The van der Waals surface area contributed by atoms with E-state index < -0.39 is 0 Å². The molecule has 164 valence electrons. The number of ether oxygens (including phenoxy) is 1. The predicted octanol–water partition coefficient (Wildman–Crippen LogP) is 6.03. The molecular weight excluding hydrogens is 408 g/mol. The van der Waals surface area contributed by atoms with Crippen LogP contribution in [0.2, 0.25) is 0 Å². The zero-order valence-electron chi connectivity index (χ0n) is 18.5. The molecule has 0 bridgehead atoms. The van der Waals surface area contributed by atoms with Crippen molar-refractivity contribution >= 4 is 29.0 Å². The molecule has 1 saturated heterocycles. The molecule has 5 nitrogen and oxygen atoms in total. The molecule has 2 aromatic rings. The van der Waals surface area contributed by atoms with Crippen LogP contribution in [0.25, 0.3) is 6.08 Å². The summed E-state index contributed by atoms with van der Waals surface area (Å²) in [5.74, 6) is 0.508. The van der Waals surface area contributed by atoms with E-state index in [0.29, 0.717) is 10.9 Å². The van der Waals surface area contributed by atoms with Gasteiger partial charge in [-0.3, -0.25) is 14.5 Å². The Balaban J connectivity index is 1.44. The molecular formula is C25H30N2O3S. The summed E-state index contributed by atoms with van der Waals surface area (Å²) in [6, 6.07) is 10.4. The number of aromatic nitrogens is 1. The molecule has 6 heteroatoms. The Morgan fingerprint density at radius 2 is 1.77 bits per heavy atom. The summed E-state index contributed by atoms with van der Waals surface area (Å²) in [6.07, 6.45) is 8.19. The van der Waals surface area contributed by atoms with Gasteiger partial charge in [-0.25, -0.2) is 0 Å². The third-order valence-electron chi connectivity index (χ3n) is 6.23. The van der Waals surface area contributed by atoms with Crippen molar-refractivity contribution in [1.29, 1.82) is 0 Å². The van der Waals surface area contributed by atoms with Gasteiger partial charge in [0, 0.05) is 17.4 Å². The highest BCUT2D eigenvalue weighted by Crippen LogP contribution is 2.36. The predicted molar refractivity (Wildman–Crippen MR) is 125 cm³/mol. The molecule has 2 amide bonds. The number of hydrogen-bond donors (Lipinski definition) is 0. The van der Waals surface area contributed by atoms with Crippen molar-refractivity contribution in [2.75, 3.05) is 13.2 Å². The maximum atomic E-state index is 12.9. The smallest absolute Gasteiger partial charge is 0.293 e. The fourth-order valence-corrected chi connectivity index (χ4v) is 5.43. The first-order chi connectivity index (χ1) is 14.9. The van der Waals surface area contributed by atoms with Gasteiger partial charge < -0.3 is 9.30 Å². The van der Waals surface area contributed by atoms with E-state index in [0.717, 1.165) is 28.6 Å². The van der Waals surface area contributed by atoms with Gasteiger partial charge in [-0.1, -0.05) is 37.0 Å². The Morgan fingerprint density at radius 1 is 1.06 bits per heavy atom. The molecule has 0 radical (unpaired) electrons. The number of carbonyl (C=O) groups is 2. The zero-order valence-corrected chi connectivity index (χ0v) is 19.3. The molecule has 31 heavy (non-hydrogen) atoms. The molecule has 2 heterocycles. The van der Waals surface area contributed by atoms with Crippen LogP contribution in [0.5, 0.6) is 5.75 Å². The average Bonchev–Trinajstić information content (AvgIpc) is 3.19. The summed E-state index contributed by atoms with van der Waals surface area (Å²) in [6.45, 7) is 6.80. The second-order valence-corrected chi connectivity index (χ2v) is 9.48. The van der Waals surface area contributed by atoms with Gasteiger partial charge in [0.2, 0.25) is 0 Å². The lowest BCUT2D eigenvalue weighted by molar-refractivity contribution is -0.123. The van der Waals surface area contributed by atoms with E-state index in [-0.39, 0.29) is 24.3 Å². The number of nitrogens with zero attached hydrogens (tertiary/aromatic N) is 2. The Labute approximate surface area is 188 Å². The second kappa shape index (κ2) is 9.35. The maximum absolute atomic E-state index is 12.9. The molecule has 2 aliphatic rings. The summed E-state index contributed by atoms with van der Waals surface area (Å²) >= 11 is 1.02. The highest BCUT2D eigenvalue weighted by Gasteiger charge is 2.35. The number of aryl methyl sites for hydroxylation is 2. The Bertz CT molecular complexity index is 1000. The molecule has 4 rings (SSSR count). The minimum absolute atomic E-state index is 0.232. The van der Waals surface area contributed by atoms with Crippen LogP contribution in [0.4, 0.5) is 4.79 Å². The van der Waals surface area contributed by atoms with Crippen molar-refractivity contribution in [1.82, 2.24) is 9.47 Å². The fraction of sp³-hybridized carbons (Fsp3) is 0.440. The lowest BCUT2D eigenvalue weighted by Crippen LogP contribution is -2.32. The number of rotatable bonds is 6. The van der Waals surface area contributed by atoms with Crippen LogP contribution >= 0.6 is 11.8 Å². The average molecular weight is 439 g/mol. The number of carbonyl (C=O) groups excluding carboxylic acids is 2. The number of imide groups is 1. The Hall–Kier alpha value is -2.47. The first-order valence-electron chi connectivity index (χ1n) is 11.1. The van der Waals surface area contributed by atoms with Crippen molar-refractivity contribution < 1.29 is 14.3 Å². The normalized spacial score (nSPS) is 18.9. The topological polar surface area (TPSA) is 51.5 Å². The molecule has 1 saturated carbocycles. The molecule has 2 fully saturated rings. The largest absolute Gasteiger partial charge is 0.492 e. The van der Waals surface area contributed by atoms with Crippen LogP contribution in [-0.4, -0.2) is 33.8 Å². The van der Waals surface area contributed by atoms with E-state index in [1.807, 2.05) is 37.3 Å². The third-order valence-corrected chi connectivity index (χ3v) is 7.14. The van der Waals surface area contributed by atoms with Gasteiger partial charge in [0.25, 0.3) is 11.1 Å². The molecule has 0 unspecified atom stereocenters. The first kappa shape index (κ1) is 21.8. The van der Waals surface area contributed by atoms with Gasteiger partial charge in [0.15, 0.2) is 0 Å². The van der Waals surface area contributed by atoms with Crippen LogP contribution in [0.15, 0.2) is 35.2 Å². The van der Waals surface area contributed by atoms with Gasteiger partial charge in [-0.2, -0.15) is 0 Å².